The van der Waals surface area contributed by atoms with Gasteiger partial charge in [-0.05, 0) is 87.0 Å². The van der Waals surface area contributed by atoms with E-state index >= 15 is 0 Å². The molecule has 0 aliphatic rings. The van der Waals surface area contributed by atoms with Crippen LogP contribution in [0.25, 0.3) is 0 Å². The second-order valence-electron chi connectivity index (χ2n) is 14.9. The van der Waals surface area contributed by atoms with Crippen LogP contribution in [0.2, 0.25) is 0 Å². The van der Waals surface area contributed by atoms with Gasteiger partial charge in [-0.1, -0.05) is 110 Å². The third-order valence-corrected chi connectivity index (χ3v) is 8.80. The summed E-state index contributed by atoms with van der Waals surface area (Å²) < 4.78 is 25.4. The Kier molecular flexibility index (Phi) is 59.0. The molecule has 1 unspecified atom stereocenters. The van der Waals surface area contributed by atoms with E-state index < -0.39 is 16.8 Å². The van der Waals surface area contributed by atoms with Crippen LogP contribution in [0.15, 0.2) is 0 Å². The lowest BCUT2D eigenvalue weighted by Crippen LogP contribution is -3.06. The Bertz CT molecular complexity index is 888. The third kappa shape index (κ3) is 44.7. The van der Waals surface area contributed by atoms with Crippen molar-refractivity contribution in [3.05, 3.63) is 0 Å². The highest BCUT2D eigenvalue weighted by molar-refractivity contribution is 5.76. The molecular weight excluding hydrogens is 727 g/mol. The SMILES string of the molecule is C.CC.CC.CC.CCC(C)(C)C(=O)OCC[NH+](C)C.CCCC(C)(CC)C(=O)[O-].CCCCOC(=O)C(C)(C)CC.CCOCCOCOC(=O)C(C)(C)CC. The number of likely N-dealkylation sites (N-methyl/N-ethyl adjacent to an activating group) is 1. The van der Waals surface area contributed by atoms with E-state index in [2.05, 4.69) is 6.92 Å². The molecule has 0 spiro atoms. The number of nitrogens with one attached hydrogen (secondary N) is 1. The average molecular weight is 828 g/mol. The molecule has 0 bridgehead atoms. The summed E-state index contributed by atoms with van der Waals surface area (Å²) in [7, 11) is 4.08. The van der Waals surface area contributed by atoms with E-state index in [-0.39, 0.29) is 43.0 Å². The van der Waals surface area contributed by atoms with Crippen LogP contribution in [0, 0.1) is 21.7 Å². The molecule has 0 aromatic rings. The van der Waals surface area contributed by atoms with Crippen molar-refractivity contribution in [1.29, 1.82) is 0 Å². The van der Waals surface area contributed by atoms with E-state index in [4.69, 9.17) is 23.7 Å². The maximum Gasteiger partial charge on any atom is 0.313 e. The molecule has 0 saturated heterocycles. The van der Waals surface area contributed by atoms with Gasteiger partial charge in [-0.15, -0.1) is 0 Å². The van der Waals surface area contributed by atoms with Crippen LogP contribution in [0.3, 0.4) is 0 Å². The van der Waals surface area contributed by atoms with Gasteiger partial charge in [0.15, 0.2) is 6.79 Å². The standard InChI is InChI=1S/C11H22O4.C10H21NO2.C10H20O2.C8H16O2.3C2H6.CH4/c1-5-11(3,4)10(12)15-9-14-8-7-13-6-2;1-6-10(2,3)9(12)13-8-7-11(4)5;1-5-7-8-12-9(11)10(3,4)6-2;1-4-6-8(3,5-2)7(9)10;3*1-2;/h5-9H2,1-4H3;6-8H2,1-5H3;5-8H2,1-4H3;4-6H2,1-3H3,(H,9,10);3*1-2H3;1H4. The zero-order valence-electron chi connectivity index (χ0n) is 41.2. The summed E-state index contributed by atoms with van der Waals surface area (Å²) in [5, 5.41) is 10.5. The highest BCUT2D eigenvalue weighted by Gasteiger charge is 2.28. The third-order valence-electron chi connectivity index (χ3n) is 8.80. The number of esters is 3. The fourth-order valence-corrected chi connectivity index (χ4v) is 3.07. The molecule has 0 fully saturated rings. The molecule has 0 aromatic heterocycles. The van der Waals surface area contributed by atoms with Crippen molar-refractivity contribution in [2.24, 2.45) is 21.7 Å². The molecule has 0 rings (SSSR count). The minimum atomic E-state index is -0.920. The number of aliphatic carboxylic acids is 1. The van der Waals surface area contributed by atoms with Crippen molar-refractivity contribution in [3.63, 3.8) is 0 Å². The molecule has 0 saturated carbocycles. The molecule has 0 heterocycles. The Morgan fingerprint density at radius 3 is 1.18 bits per heavy atom. The van der Waals surface area contributed by atoms with E-state index in [1.54, 1.807) is 6.92 Å². The number of quaternary nitrogens is 1. The summed E-state index contributed by atoms with van der Waals surface area (Å²) in [5.74, 6) is -1.30. The van der Waals surface area contributed by atoms with Crippen molar-refractivity contribution in [3.8, 4) is 0 Å². The second kappa shape index (κ2) is 46.4. The van der Waals surface area contributed by atoms with Gasteiger partial charge in [0.25, 0.3) is 0 Å². The van der Waals surface area contributed by atoms with Gasteiger partial charge in [0.2, 0.25) is 0 Å². The molecule has 0 aliphatic carbocycles. The van der Waals surface area contributed by atoms with Crippen LogP contribution < -0.4 is 10.0 Å². The van der Waals surface area contributed by atoms with Gasteiger partial charge in [0, 0.05) is 18.0 Å². The minimum absolute atomic E-state index is 0. The quantitative estimate of drug-likeness (QED) is 0.0486. The van der Waals surface area contributed by atoms with Gasteiger partial charge in [0.05, 0.1) is 50.2 Å². The summed E-state index contributed by atoms with van der Waals surface area (Å²) in [4.78, 5) is 46.1. The van der Waals surface area contributed by atoms with Crippen molar-refractivity contribution >= 4 is 23.9 Å². The van der Waals surface area contributed by atoms with Crippen LogP contribution in [-0.2, 0) is 42.9 Å². The number of carboxylic acids is 1. The van der Waals surface area contributed by atoms with Crippen molar-refractivity contribution in [2.45, 2.75) is 197 Å². The first-order valence-corrected chi connectivity index (χ1v) is 21.7. The molecule has 11 heteroatoms. The molecule has 1 N–H and O–H groups in total. The number of unbranched alkanes of at least 4 members (excludes halogenated alkanes) is 1. The first-order valence-electron chi connectivity index (χ1n) is 21.7. The molecule has 57 heavy (non-hydrogen) atoms. The van der Waals surface area contributed by atoms with Crippen LogP contribution >= 0.6 is 0 Å². The lowest BCUT2D eigenvalue weighted by Gasteiger charge is -2.28. The minimum Gasteiger partial charge on any atom is -0.550 e. The Balaban J connectivity index is -0.0000000896. The molecule has 0 aromatic carbocycles. The van der Waals surface area contributed by atoms with Crippen LogP contribution in [0.5, 0.6) is 0 Å². The van der Waals surface area contributed by atoms with E-state index in [0.717, 1.165) is 45.1 Å². The fourth-order valence-electron chi connectivity index (χ4n) is 3.07. The molecule has 0 amide bonds. The first-order chi connectivity index (χ1) is 26.0. The predicted molar refractivity (Wildman–Crippen MR) is 239 cm³/mol. The molecule has 350 valence electrons. The molecule has 11 nitrogen and oxygen atoms in total. The maximum atomic E-state index is 11.5. The van der Waals surface area contributed by atoms with Gasteiger partial charge in [-0.2, -0.15) is 0 Å². The maximum absolute atomic E-state index is 11.5. The summed E-state index contributed by atoms with van der Waals surface area (Å²) in [6.45, 7) is 42.6. The van der Waals surface area contributed by atoms with E-state index in [1.165, 1.54) is 4.90 Å². The molecule has 0 radical (unpaired) electrons. The number of ether oxygens (including phenoxy) is 5. The smallest absolute Gasteiger partial charge is 0.313 e. The predicted octanol–water partition coefficient (Wildman–Crippen LogP) is 9.52. The largest absolute Gasteiger partial charge is 0.550 e. The zero-order chi connectivity index (χ0) is 46.0. The van der Waals surface area contributed by atoms with Crippen molar-refractivity contribution in [1.82, 2.24) is 0 Å². The monoisotopic (exact) mass is 828 g/mol. The number of carbonyl (C=O) groups is 4. The topological polar surface area (TPSA) is 142 Å². The molecular formula is C46H101NO10. The second-order valence-corrected chi connectivity index (χ2v) is 14.9. The summed E-state index contributed by atoms with van der Waals surface area (Å²) >= 11 is 0. The summed E-state index contributed by atoms with van der Waals surface area (Å²) in [6.07, 6.45) is 6.71. The fraction of sp³-hybridized carbons (Fsp3) is 0.913. The Morgan fingerprint density at radius 2 is 0.895 bits per heavy atom. The van der Waals surface area contributed by atoms with Gasteiger partial charge >= 0.3 is 17.9 Å². The number of carbonyl (C=O) groups excluding carboxylic acids is 4. The normalized spacial score (nSPS) is 11.3. The van der Waals surface area contributed by atoms with Crippen LogP contribution in [0.1, 0.15) is 197 Å². The number of rotatable bonds is 22. The van der Waals surface area contributed by atoms with Gasteiger partial charge in [-0.25, -0.2) is 0 Å². The van der Waals surface area contributed by atoms with Gasteiger partial charge in [-0.3, -0.25) is 14.4 Å². The van der Waals surface area contributed by atoms with Gasteiger partial charge < -0.3 is 38.5 Å². The first kappa shape index (κ1) is 72.4. The highest BCUT2D eigenvalue weighted by Crippen LogP contribution is 2.26. The van der Waals surface area contributed by atoms with E-state index in [0.29, 0.717) is 45.9 Å². The summed E-state index contributed by atoms with van der Waals surface area (Å²) in [6, 6.07) is 0. The molecule has 0 aliphatic heterocycles. The lowest BCUT2D eigenvalue weighted by molar-refractivity contribution is -0.858. The number of hydrogen-bond acceptors (Lipinski definition) is 10. The van der Waals surface area contributed by atoms with Crippen LogP contribution in [0.4, 0.5) is 0 Å². The Labute approximate surface area is 355 Å². The Hall–Kier alpha value is -2.24. The van der Waals surface area contributed by atoms with Crippen molar-refractivity contribution in [2.75, 3.05) is 60.5 Å². The van der Waals surface area contributed by atoms with E-state index in [1.807, 2.05) is 139 Å². The highest BCUT2D eigenvalue weighted by atomic mass is 16.7. The Morgan fingerprint density at radius 1 is 0.526 bits per heavy atom. The zero-order valence-corrected chi connectivity index (χ0v) is 41.2. The van der Waals surface area contributed by atoms with E-state index in [9.17, 15) is 24.3 Å². The van der Waals surface area contributed by atoms with Crippen molar-refractivity contribution < 1.29 is 52.9 Å². The average Bonchev–Trinajstić information content (AvgIpc) is 3.18. The lowest BCUT2D eigenvalue weighted by atomic mass is 9.83. The number of carboxylic acid groups (broad SMARTS) is 1. The summed E-state index contributed by atoms with van der Waals surface area (Å²) in [5.41, 5.74) is -1.67. The van der Waals surface area contributed by atoms with Gasteiger partial charge in [0.1, 0.15) is 13.2 Å². The number of hydrogen-bond donors (Lipinski definition) is 1. The van der Waals surface area contributed by atoms with Crippen LogP contribution in [-0.4, -0.2) is 84.3 Å². The molecule has 1 atom stereocenters.